The molecule has 0 radical (unpaired) electrons. The molecule has 0 saturated heterocycles. The molecule has 6 heteroatoms. The van der Waals surface area contributed by atoms with Gasteiger partial charge in [-0.2, -0.15) is 10.4 Å². The highest BCUT2D eigenvalue weighted by atomic mass is 32.2. The number of methoxy groups -OCH3 is 1. The molecule has 0 saturated carbocycles. The summed E-state index contributed by atoms with van der Waals surface area (Å²) in [5.41, 5.74) is 2.35. The third kappa shape index (κ3) is 3.46. The fourth-order valence-corrected chi connectivity index (χ4v) is 3.24. The van der Waals surface area contributed by atoms with Crippen LogP contribution in [0.25, 0.3) is 0 Å². The predicted molar refractivity (Wildman–Crippen MR) is 95.8 cm³/mol. The first-order chi connectivity index (χ1) is 11.6. The Kier molecular flexibility index (Phi) is 6.04. The second-order valence-corrected chi connectivity index (χ2v) is 6.12. The Hall–Kier alpha value is -2.26. The molecule has 0 fully saturated rings. The van der Waals surface area contributed by atoms with Crippen molar-refractivity contribution in [3.8, 4) is 11.8 Å². The second kappa shape index (κ2) is 8.02. The van der Waals surface area contributed by atoms with E-state index in [4.69, 9.17) is 4.74 Å². The zero-order valence-corrected chi connectivity index (χ0v) is 15.2. The van der Waals surface area contributed by atoms with E-state index in [9.17, 15) is 10.1 Å². The molecule has 2 rings (SSSR count). The van der Waals surface area contributed by atoms with Crippen LogP contribution in [0.1, 0.15) is 36.2 Å². The third-order valence-electron chi connectivity index (χ3n) is 3.92. The molecular weight excluding hydrogens is 322 g/mol. The highest BCUT2D eigenvalue weighted by Crippen LogP contribution is 2.28. The topological polar surface area (TPSA) is 67.9 Å². The van der Waals surface area contributed by atoms with Crippen LogP contribution in [0.3, 0.4) is 0 Å². The van der Waals surface area contributed by atoms with Gasteiger partial charge in [0.2, 0.25) is 0 Å². The van der Waals surface area contributed by atoms with E-state index in [0.717, 1.165) is 27.5 Å². The van der Waals surface area contributed by atoms with Crippen LogP contribution in [0.5, 0.6) is 5.75 Å². The lowest BCUT2D eigenvalue weighted by Gasteiger charge is -2.13. The summed E-state index contributed by atoms with van der Waals surface area (Å²) < 4.78 is 6.77. The van der Waals surface area contributed by atoms with E-state index in [1.165, 1.54) is 4.68 Å². The number of nitriles is 1. The molecule has 2 aromatic rings. The first-order valence-electron chi connectivity index (χ1n) is 7.83. The van der Waals surface area contributed by atoms with Crippen molar-refractivity contribution in [3.05, 3.63) is 50.9 Å². The van der Waals surface area contributed by atoms with Crippen molar-refractivity contribution >= 4 is 11.8 Å². The molecule has 0 aliphatic heterocycles. The molecule has 0 aliphatic rings. The minimum Gasteiger partial charge on any atom is -0.496 e. The van der Waals surface area contributed by atoms with E-state index in [2.05, 4.69) is 11.2 Å². The van der Waals surface area contributed by atoms with E-state index in [1.54, 1.807) is 18.9 Å². The molecular formula is C18H21N3O2S. The number of thioether (sulfide) groups is 1. The van der Waals surface area contributed by atoms with Crippen LogP contribution in [0.4, 0.5) is 0 Å². The summed E-state index contributed by atoms with van der Waals surface area (Å²) in [5.74, 6) is 0.773. The van der Waals surface area contributed by atoms with E-state index < -0.39 is 0 Å². The predicted octanol–water partition coefficient (Wildman–Crippen LogP) is 3.02. The van der Waals surface area contributed by atoms with Gasteiger partial charge in [0.15, 0.2) is 0 Å². The van der Waals surface area contributed by atoms with Gasteiger partial charge in [-0.05, 0) is 42.4 Å². The van der Waals surface area contributed by atoms with Gasteiger partial charge in [-0.3, -0.25) is 4.79 Å². The van der Waals surface area contributed by atoms with Gasteiger partial charge in [0.25, 0.3) is 5.56 Å². The van der Waals surface area contributed by atoms with Crippen molar-refractivity contribution in [2.75, 3.05) is 13.4 Å². The molecule has 0 amide bonds. The van der Waals surface area contributed by atoms with Gasteiger partial charge in [-0.1, -0.05) is 19.9 Å². The first-order valence-corrected chi connectivity index (χ1v) is 9.05. The normalized spacial score (nSPS) is 10.5. The highest BCUT2D eigenvalue weighted by molar-refractivity contribution is 7.98. The highest BCUT2D eigenvalue weighted by Gasteiger charge is 2.15. The Bertz CT molecular complexity index is 837. The van der Waals surface area contributed by atoms with Crippen molar-refractivity contribution < 1.29 is 4.74 Å². The molecule has 0 unspecified atom stereocenters. The van der Waals surface area contributed by atoms with Crippen LogP contribution >= 0.6 is 11.8 Å². The van der Waals surface area contributed by atoms with Gasteiger partial charge in [0, 0.05) is 4.90 Å². The number of nitrogens with zero attached hydrogens (tertiary/aromatic N) is 3. The monoisotopic (exact) mass is 343 g/mol. The maximum atomic E-state index is 12.6. The van der Waals surface area contributed by atoms with Crippen LogP contribution in [0, 0.1) is 11.3 Å². The first kappa shape index (κ1) is 18.1. The van der Waals surface area contributed by atoms with Gasteiger partial charge >= 0.3 is 0 Å². The molecule has 0 spiro atoms. The van der Waals surface area contributed by atoms with Gasteiger partial charge in [-0.25, -0.2) is 4.68 Å². The molecule has 24 heavy (non-hydrogen) atoms. The standard InChI is InChI=1S/C18H21N3O2S/c1-5-13-14(10-19)18(22)21(20-15(13)6-2)11-12-7-8-17(24-4)16(9-12)23-3/h7-9H,5-6,11H2,1-4H3. The summed E-state index contributed by atoms with van der Waals surface area (Å²) >= 11 is 1.60. The minimum atomic E-state index is -0.334. The number of hydrogen-bond acceptors (Lipinski definition) is 5. The van der Waals surface area contributed by atoms with E-state index in [0.29, 0.717) is 19.4 Å². The lowest BCUT2D eigenvalue weighted by molar-refractivity contribution is 0.404. The maximum absolute atomic E-state index is 12.6. The van der Waals surface area contributed by atoms with Crippen molar-refractivity contribution in [2.45, 2.75) is 38.1 Å². The molecule has 0 aliphatic carbocycles. The van der Waals surface area contributed by atoms with Crippen LogP contribution in [0.2, 0.25) is 0 Å². The smallest absolute Gasteiger partial charge is 0.285 e. The van der Waals surface area contributed by atoms with Crippen LogP contribution < -0.4 is 10.3 Å². The lowest BCUT2D eigenvalue weighted by atomic mass is 10.0. The minimum absolute atomic E-state index is 0.206. The molecule has 0 N–H and O–H groups in total. The molecule has 1 aromatic heterocycles. The van der Waals surface area contributed by atoms with Gasteiger partial charge in [-0.15, -0.1) is 11.8 Å². The SMILES string of the molecule is CCc1nn(Cc2ccc(SC)c(OC)c2)c(=O)c(C#N)c1CC. The van der Waals surface area contributed by atoms with E-state index in [-0.39, 0.29) is 11.1 Å². The number of ether oxygens (including phenoxy) is 1. The van der Waals surface area contributed by atoms with Crippen molar-refractivity contribution in [3.63, 3.8) is 0 Å². The summed E-state index contributed by atoms with van der Waals surface area (Å²) in [6.07, 6.45) is 3.30. The zero-order chi connectivity index (χ0) is 17.7. The number of aromatic nitrogens is 2. The van der Waals surface area contributed by atoms with Crippen LogP contribution in [0.15, 0.2) is 27.9 Å². The number of aryl methyl sites for hydroxylation is 1. The van der Waals surface area contributed by atoms with E-state index in [1.807, 2.05) is 38.3 Å². The Balaban J connectivity index is 2.51. The fourth-order valence-electron chi connectivity index (χ4n) is 2.69. The lowest BCUT2D eigenvalue weighted by Crippen LogP contribution is -2.29. The van der Waals surface area contributed by atoms with Crippen LogP contribution in [-0.4, -0.2) is 23.1 Å². The van der Waals surface area contributed by atoms with Crippen LogP contribution in [-0.2, 0) is 19.4 Å². The quantitative estimate of drug-likeness (QED) is 0.754. The Morgan fingerprint density at radius 3 is 2.62 bits per heavy atom. The Morgan fingerprint density at radius 1 is 1.33 bits per heavy atom. The molecule has 0 atom stereocenters. The van der Waals surface area contributed by atoms with Crippen molar-refractivity contribution in [1.82, 2.24) is 9.78 Å². The molecule has 126 valence electrons. The van der Waals surface area contributed by atoms with Gasteiger partial charge in [0.1, 0.15) is 17.4 Å². The Labute approximate surface area is 146 Å². The summed E-state index contributed by atoms with van der Waals surface area (Å²) in [6.45, 7) is 4.23. The molecule has 1 heterocycles. The molecule has 1 aromatic carbocycles. The largest absolute Gasteiger partial charge is 0.496 e. The fraction of sp³-hybridized carbons (Fsp3) is 0.389. The number of rotatable bonds is 6. The molecule has 5 nitrogen and oxygen atoms in total. The maximum Gasteiger partial charge on any atom is 0.285 e. The summed E-state index contributed by atoms with van der Waals surface area (Å²) in [7, 11) is 1.63. The average Bonchev–Trinajstić information content (AvgIpc) is 2.62. The van der Waals surface area contributed by atoms with Gasteiger partial charge in [0.05, 0.1) is 19.3 Å². The second-order valence-electron chi connectivity index (χ2n) is 5.27. The van der Waals surface area contributed by atoms with E-state index >= 15 is 0 Å². The summed E-state index contributed by atoms with van der Waals surface area (Å²) in [6, 6.07) is 7.88. The molecule has 0 bridgehead atoms. The van der Waals surface area contributed by atoms with Crippen molar-refractivity contribution in [2.24, 2.45) is 0 Å². The zero-order valence-electron chi connectivity index (χ0n) is 14.4. The summed E-state index contributed by atoms with van der Waals surface area (Å²) in [5, 5.41) is 13.8. The third-order valence-corrected chi connectivity index (χ3v) is 4.70. The Morgan fingerprint density at radius 2 is 2.08 bits per heavy atom. The van der Waals surface area contributed by atoms with Crippen molar-refractivity contribution in [1.29, 1.82) is 5.26 Å². The summed E-state index contributed by atoms with van der Waals surface area (Å²) in [4.78, 5) is 13.6. The van der Waals surface area contributed by atoms with Gasteiger partial charge < -0.3 is 4.74 Å². The number of benzene rings is 1. The number of hydrogen-bond donors (Lipinski definition) is 0. The average molecular weight is 343 g/mol.